The van der Waals surface area contributed by atoms with Crippen molar-refractivity contribution in [1.82, 2.24) is 10.1 Å². The Morgan fingerprint density at radius 1 is 1.14 bits per heavy atom. The van der Waals surface area contributed by atoms with Crippen LogP contribution in [0.2, 0.25) is 0 Å². The summed E-state index contributed by atoms with van der Waals surface area (Å²) in [5.74, 6) is -0.0475. The summed E-state index contributed by atoms with van der Waals surface area (Å²) in [4.78, 5) is 28.7. The predicted octanol–water partition coefficient (Wildman–Crippen LogP) is 3.84. The van der Waals surface area contributed by atoms with Gasteiger partial charge in [-0.05, 0) is 37.3 Å². The molecule has 1 aliphatic carbocycles. The average Bonchev–Trinajstić information content (AvgIpc) is 3.34. The number of carbonyl (C=O) groups excluding carboxylic acids is 2. The Hall–Kier alpha value is -3.26. The Balaban J connectivity index is 1.31. The topological polar surface area (TPSA) is 97.1 Å². The van der Waals surface area contributed by atoms with Crippen LogP contribution in [0.25, 0.3) is 6.08 Å². The van der Waals surface area contributed by atoms with Gasteiger partial charge in [-0.2, -0.15) is 0 Å². The molecule has 4 rings (SSSR count). The number of anilines is 2. The molecule has 0 aliphatic heterocycles. The molecule has 2 N–H and O–H groups in total. The minimum atomic E-state index is -0.271. The number of rotatable bonds is 6. The highest BCUT2D eigenvalue weighted by molar-refractivity contribution is 7.14. The summed E-state index contributed by atoms with van der Waals surface area (Å²) in [6.07, 6.45) is 7.22. The van der Waals surface area contributed by atoms with Crippen LogP contribution in [0, 0.1) is 0 Å². The summed E-state index contributed by atoms with van der Waals surface area (Å²) in [6, 6.07) is 9.56. The number of hydrogen-bond donors (Lipinski definition) is 2. The van der Waals surface area contributed by atoms with Crippen molar-refractivity contribution in [2.24, 2.45) is 0 Å². The van der Waals surface area contributed by atoms with Gasteiger partial charge in [0.05, 0.1) is 17.8 Å². The molecule has 0 unspecified atom stereocenters. The van der Waals surface area contributed by atoms with Crippen molar-refractivity contribution in [1.29, 1.82) is 0 Å². The smallest absolute Gasteiger partial charge is 0.250 e. The number of nitrogens with one attached hydrogen (secondary N) is 2. The second kappa shape index (κ2) is 8.83. The average molecular weight is 408 g/mol. The summed E-state index contributed by atoms with van der Waals surface area (Å²) >= 11 is 1.28. The highest BCUT2D eigenvalue weighted by atomic mass is 32.1. The molecule has 148 valence electrons. The van der Waals surface area contributed by atoms with Crippen LogP contribution < -0.4 is 10.6 Å². The standard InChI is InChI=1S/C21H20N4O3S/c26-18(11-10-14-6-2-1-3-7-14)24-21-22-15(13-29-21)12-19(27)23-20-16-8-4-5-9-17(16)25-28-20/h1-3,6-7,10-11,13H,4-5,8-9,12H2,(H,23,27)(H,22,24,26)/b11-10+. The van der Waals surface area contributed by atoms with Gasteiger partial charge in [-0.25, -0.2) is 4.98 Å². The lowest BCUT2D eigenvalue weighted by Crippen LogP contribution is -2.16. The van der Waals surface area contributed by atoms with Gasteiger partial charge in [0, 0.05) is 17.0 Å². The van der Waals surface area contributed by atoms with E-state index in [1.165, 1.54) is 17.4 Å². The first-order valence-electron chi connectivity index (χ1n) is 9.43. The third-order valence-corrected chi connectivity index (χ3v) is 5.37. The van der Waals surface area contributed by atoms with E-state index in [4.69, 9.17) is 4.52 Å². The maximum Gasteiger partial charge on any atom is 0.250 e. The van der Waals surface area contributed by atoms with Crippen LogP contribution in [0.3, 0.4) is 0 Å². The Bertz CT molecular complexity index is 1040. The van der Waals surface area contributed by atoms with Crippen LogP contribution >= 0.6 is 11.3 Å². The van der Waals surface area contributed by atoms with E-state index >= 15 is 0 Å². The number of aromatic nitrogens is 2. The highest BCUT2D eigenvalue weighted by Crippen LogP contribution is 2.27. The molecule has 0 bridgehead atoms. The molecule has 2 aromatic heterocycles. The molecular weight excluding hydrogens is 388 g/mol. The molecule has 0 radical (unpaired) electrons. The van der Waals surface area contributed by atoms with E-state index in [9.17, 15) is 9.59 Å². The number of benzene rings is 1. The van der Waals surface area contributed by atoms with Crippen molar-refractivity contribution in [2.45, 2.75) is 32.1 Å². The summed E-state index contributed by atoms with van der Waals surface area (Å²) in [7, 11) is 0. The molecule has 3 aromatic rings. The highest BCUT2D eigenvalue weighted by Gasteiger charge is 2.21. The SMILES string of the molecule is O=C(/C=C/c1ccccc1)Nc1nc(CC(=O)Nc2onc3c2CCCC3)cs1. The number of amides is 2. The number of nitrogens with zero attached hydrogens (tertiary/aromatic N) is 2. The Labute approximate surface area is 171 Å². The van der Waals surface area contributed by atoms with Crippen LogP contribution in [0.5, 0.6) is 0 Å². The molecule has 0 fully saturated rings. The molecule has 2 amide bonds. The van der Waals surface area contributed by atoms with Gasteiger partial charge in [0.15, 0.2) is 5.13 Å². The fourth-order valence-electron chi connectivity index (χ4n) is 3.15. The van der Waals surface area contributed by atoms with Gasteiger partial charge in [-0.15, -0.1) is 11.3 Å². The maximum absolute atomic E-state index is 12.3. The van der Waals surface area contributed by atoms with Crippen LogP contribution in [-0.4, -0.2) is 22.0 Å². The zero-order chi connectivity index (χ0) is 20.1. The third kappa shape index (κ3) is 4.97. The summed E-state index contributed by atoms with van der Waals surface area (Å²) in [5, 5.41) is 11.7. The quantitative estimate of drug-likeness (QED) is 0.604. The van der Waals surface area contributed by atoms with E-state index in [0.29, 0.717) is 16.7 Å². The molecule has 7 nitrogen and oxygen atoms in total. The minimum absolute atomic E-state index is 0.0989. The van der Waals surface area contributed by atoms with Crippen molar-refractivity contribution in [2.75, 3.05) is 10.6 Å². The van der Waals surface area contributed by atoms with Crippen molar-refractivity contribution >= 4 is 40.2 Å². The van der Waals surface area contributed by atoms with Crippen molar-refractivity contribution < 1.29 is 14.1 Å². The van der Waals surface area contributed by atoms with Crippen LogP contribution in [0.15, 0.2) is 46.3 Å². The number of thiazole rings is 1. The summed E-state index contributed by atoms with van der Waals surface area (Å²) in [6.45, 7) is 0. The first-order chi connectivity index (χ1) is 14.2. The normalized spacial score (nSPS) is 13.2. The van der Waals surface area contributed by atoms with Gasteiger partial charge < -0.3 is 4.52 Å². The van der Waals surface area contributed by atoms with Gasteiger partial charge in [0.2, 0.25) is 17.7 Å². The summed E-state index contributed by atoms with van der Waals surface area (Å²) < 4.78 is 5.28. The lowest BCUT2D eigenvalue weighted by molar-refractivity contribution is -0.115. The fourth-order valence-corrected chi connectivity index (χ4v) is 3.87. The lowest BCUT2D eigenvalue weighted by Gasteiger charge is -2.09. The molecule has 1 aromatic carbocycles. The van der Waals surface area contributed by atoms with Gasteiger partial charge in [0.25, 0.3) is 0 Å². The zero-order valence-electron chi connectivity index (χ0n) is 15.7. The van der Waals surface area contributed by atoms with Gasteiger partial charge in [0.1, 0.15) is 0 Å². The predicted molar refractivity (Wildman–Crippen MR) is 112 cm³/mol. The van der Waals surface area contributed by atoms with Gasteiger partial charge in [-0.3, -0.25) is 20.2 Å². The second-order valence-corrected chi connectivity index (χ2v) is 7.60. The Morgan fingerprint density at radius 3 is 2.83 bits per heavy atom. The maximum atomic E-state index is 12.3. The molecular formula is C21H20N4O3S. The number of hydrogen-bond acceptors (Lipinski definition) is 6. The number of carbonyl (C=O) groups is 2. The molecule has 8 heteroatoms. The van der Waals surface area contributed by atoms with Gasteiger partial charge >= 0.3 is 0 Å². The number of fused-ring (bicyclic) bond motifs is 1. The van der Waals surface area contributed by atoms with E-state index in [1.54, 1.807) is 11.5 Å². The van der Waals surface area contributed by atoms with E-state index in [1.807, 2.05) is 30.3 Å². The lowest BCUT2D eigenvalue weighted by atomic mass is 9.98. The largest absolute Gasteiger partial charge is 0.338 e. The van der Waals surface area contributed by atoms with E-state index in [0.717, 1.165) is 42.5 Å². The molecule has 1 aliphatic rings. The van der Waals surface area contributed by atoms with Crippen molar-refractivity contribution in [3.63, 3.8) is 0 Å². The fraction of sp³-hybridized carbons (Fsp3) is 0.238. The van der Waals surface area contributed by atoms with E-state index in [-0.39, 0.29) is 18.2 Å². The molecule has 0 atom stereocenters. The van der Waals surface area contributed by atoms with Gasteiger partial charge in [-0.1, -0.05) is 35.5 Å². The summed E-state index contributed by atoms with van der Waals surface area (Å²) in [5.41, 5.74) is 3.46. The van der Waals surface area contributed by atoms with Crippen molar-refractivity contribution in [3.8, 4) is 0 Å². The van der Waals surface area contributed by atoms with Crippen molar-refractivity contribution in [3.05, 3.63) is 64.3 Å². The Kier molecular flexibility index (Phi) is 5.81. The zero-order valence-corrected chi connectivity index (χ0v) is 16.5. The third-order valence-electron chi connectivity index (χ3n) is 4.56. The molecule has 0 spiro atoms. The first kappa shape index (κ1) is 19.1. The number of aryl methyl sites for hydroxylation is 1. The minimum Gasteiger partial charge on any atom is -0.338 e. The molecule has 0 saturated carbocycles. The van der Waals surface area contributed by atoms with E-state index in [2.05, 4.69) is 20.8 Å². The van der Waals surface area contributed by atoms with Crippen LogP contribution in [0.1, 0.15) is 35.4 Å². The van der Waals surface area contributed by atoms with Crippen LogP contribution in [0.4, 0.5) is 11.0 Å². The Morgan fingerprint density at radius 2 is 1.97 bits per heavy atom. The molecule has 29 heavy (non-hydrogen) atoms. The molecule has 2 heterocycles. The first-order valence-corrected chi connectivity index (χ1v) is 10.3. The molecule has 0 saturated heterocycles. The monoisotopic (exact) mass is 408 g/mol. The van der Waals surface area contributed by atoms with Crippen LogP contribution in [-0.2, 0) is 28.9 Å². The van der Waals surface area contributed by atoms with E-state index < -0.39 is 0 Å². The second-order valence-electron chi connectivity index (χ2n) is 6.75.